The fourth-order valence-electron chi connectivity index (χ4n) is 2.71. The maximum Gasteiger partial charge on any atom is 0.270 e. The molecule has 2 heterocycles. The van der Waals surface area contributed by atoms with Crippen LogP contribution in [0.2, 0.25) is 0 Å². The molecule has 27 heavy (non-hydrogen) atoms. The Morgan fingerprint density at radius 1 is 1.00 bits per heavy atom. The summed E-state index contributed by atoms with van der Waals surface area (Å²) in [7, 11) is 0. The molecule has 0 aliphatic carbocycles. The molecule has 0 aliphatic rings. The summed E-state index contributed by atoms with van der Waals surface area (Å²) in [5.74, 6) is 0.764. The van der Waals surface area contributed by atoms with Crippen LogP contribution in [-0.2, 0) is 6.42 Å². The zero-order valence-electron chi connectivity index (χ0n) is 14.2. The van der Waals surface area contributed by atoms with E-state index in [2.05, 4.69) is 26.2 Å². The number of rotatable bonds is 4. The molecule has 2 aromatic heterocycles. The third kappa shape index (κ3) is 3.24. The molecule has 4 aromatic rings. The number of aromatic nitrogens is 4. The van der Waals surface area contributed by atoms with Gasteiger partial charge >= 0.3 is 0 Å². The molecule has 2 N–H and O–H groups in total. The Bertz CT molecular complexity index is 1140. The number of hydrogen-bond donors (Lipinski definition) is 1. The zero-order chi connectivity index (χ0) is 18.6. The maximum atomic E-state index is 9.04. The summed E-state index contributed by atoms with van der Waals surface area (Å²) in [6.45, 7) is 0. The van der Waals surface area contributed by atoms with Crippen molar-refractivity contribution in [2.45, 2.75) is 6.42 Å². The minimum Gasteiger partial charge on any atom is -0.414 e. The highest BCUT2D eigenvalue weighted by Gasteiger charge is 2.17. The van der Waals surface area contributed by atoms with Gasteiger partial charge in [-0.15, -0.1) is 10.2 Å². The quantitative estimate of drug-likeness (QED) is 0.586. The highest BCUT2D eigenvalue weighted by atomic mass is 16.4. The zero-order valence-corrected chi connectivity index (χ0v) is 14.2. The molecule has 0 radical (unpaired) electrons. The average Bonchev–Trinajstić information content (AvgIpc) is 3.20. The molecule has 2 aromatic carbocycles. The molecular weight excluding hydrogens is 340 g/mol. The largest absolute Gasteiger partial charge is 0.414 e. The Morgan fingerprint density at radius 2 is 1.74 bits per heavy atom. The van der Waals surface area contributed by atoms with Crippen LogP contribution in [0.15, 0.2) is 65.2 Å². The van der Waals surface area contributed by atoms with Gasteiger partial charge < -0.3 is 10.2 Å². The van der Waals surface area contributed by atoms with Crippen molar-refractivity contribution in [3.05, 3.63) is 66.4 Å². The van der Waals surface area contributed by atoms with Crippen molar-refractivity contribution in [3.8, 4) is 40.4 Å². The highest BCUT2D eigenvalue weighted by molar-refractivity contribution is 5.70. The van der Waals surface area contributed by atoms with Gasteiger partial charge in [0.1, 0.15) is 0 Å². The number of nitriles is 1. The first-order valence-corrected chi connectivity index (χ1v) is 8.23. The van der Waals surface area contributed by atoms with Crippen LogP contribution < -0.4 is 5.73 Å². The summed E-state index contributed by atoms with van der Waals surface area (Å²) in [5.41, 5.74) is 9.37. The molecule has 0 bridgehead atoms. The Labute approximate surface area is 158 Å². The number of hydrogen-bond acceptors (Lipinski definition) is 7. The van der Waals surface area contributed by atoms with E-state index in [1.165, 1.54) is 0 Å². The lowest BCUT2D eigenvalue weighted by Gasteiger charge is -2.07. The fraction of sp³-hybridized carbons (Fsp3) is 0.0500. The first kappa shape index (κ1) is 16.4. The van der Waals surface area contributed by atoms with Crippen molar-refractivity contribution in [3.63, 3.8) is 0 Å². The van der Waals surface area contributed by atoms with Gasteiger partial charge in [-0.3, -0.25) is 0 Å². The SMILES string of the molecule is N#CCc1ccccc1-c1cnc(N)c(-c2nnc(-c3ccccc3)o2)n1.[HH].[HH]. The first-order valence-electron chi connectivity index (χ1n) is 8.23. The second kappa shape index (κ2) is 7.06. The Balaban J connectivity index is 0.00000150. The van der Waals surface area contributed by atoms with Crippen molar-refractivity contribution in [1.82, 2.24) is 20.2 Å². The molecule has 0 atom stereocenters. The van der Waals surface area contributed by atoms with Crippen LogP contribution >= 0.6 is 0 Å². The topological polar surface area (TPSA) is 115 Å². The third-order valence-corrected chi connectivity index (χ3v) is 4.01. The predicted molar refractivity (Wildman–Crippen MR) is 104 cm³/mol. The summed E-state index contributed by atoms with van der Waals surface area (Å²) < 4.78 is 5.75. The van der Waals surface area contributed by atoms with Crippen LogP contribution in [0.4, 0.5) is 5.82 Å². The highest BCUT2D eigenvalue weighted by Crippen LogP contribution is 2.29. The van der Waals surface area contributed by atoms with E-state index in [0.717, 1.165) is 16.7 Å². The van der Waals surface area contributed by atoms with Gasteiger partial charge in [0.15, 0.2) is 11.5 Å². The molecule has 0 amide bonds. The Morgan fingerprint density at radius 3 is 2.56 bits per heavy atom. The summed E-state index contributed by atoms with van der Waals surface area (Å²) in [5, 5.41) is 17.2. The summed E-state index contributed by atoms with van der Waals surface area (Å²) in [6, 6.07) is 19.1. The van der Waals surface area contributed by atoms with Crippen molar-refractivity contribution in [1.29, 1.82) is 5.26 Å². The first-order chi connectivity index (χ1) is 13.3. The number of nitrogens with zero attached hydrogens (tertiary/aromatic N) is 5. The summed E-state index contributed by atoms with van der Waals surface area (Å²) in [6.07, 6.45) is 1.85. The van der Waals surface area contributed by atoms with Crippen LogP contribution in [0.5, 0.6) is 0 Å². The lowest BCUT2D eigenvalue weighted by Crippen LogP contribution is -2.00. The van der Waals surface area contributed by atoms with Gasteiger partial charge in [0.25, 0.3) is 5.89 Å². The van der Waals surface area contributed by atoms with Gasteiger partial charge in [0, 0.05) is 14.0 Å². The number of nitrogen functional groups attached to an aromatic ring is 1. The Hall–Kier alpha value is -4.05. The minimum absolute atomic E-state index is 0. The predicted octanol–water partition coefficient (Wildman–Crippen LogP) is 4.00. The van der Waals surface area contributed by atoms with Gasteiger partial charge in [-0.25, -0.2) is 9.97 Å². The molecule has 0 saturated heterocycles. The van der Waals surface area contributed by atoms with Crippen LogP contribution in [0.25, 0.3) is 34.3 Å². The van der Waals surface area contributed by atoms with Crippen molar-refractivity contribution < 1.29 is 7.27 Å². The Kier molecular flexibility index (Phi) is 4.29. The van der Waals surface area contributed by atoms with Gasteiger partial charge in [0.05, 0.1) is 24.4 Å². The van der Waals surface area contributed by atoms with Crippen molar-refractivity contribution in [2.75, 3.05) is 5.73 Å². The van der Waals surface area contributed by atoms with E-state index in [-0.39, 0.29) is 21.0 Å². The number of benzene rings is 2. The molecule has 4 rings (SSSR count). The molecule has 7 heteroatoms. The summed E-state index contributed by atoms with van der Waals surface area (Å²) >= 11 is 0. The van der Waals surface area contributed by atoms with E-state index in [0.29, 0.717) is 17.3 Å². The molecule has 0 unspecified atom stereocenters. The second-order valence-corrected chi connectivity index (χ2v) is 5.76. The molecule has 0 aliphatic heterocycles. The maximum absolute atomic E-state index is 9.04. The van der Waals surface area contributed by atoms with E-state index in [1.807, 2.05) is 54.6 Å². The normalized spacial score (nSPS) is 10.5. The van der Waals surface area contributed by atoms with Crippen molar-refractivity contribution in [2.24, 2.45) is 0 Å². The van der Waals surface area contributed by atoms with Crippen LogP contribution in [0.3, 0.4) is 0 Å². The van der Waals surface area contributed by atoms with E-state index in [1.54, 1.807) is 6.20 Å². The average molecular weight is 358 g/mol. The monoisotopic (exact) mass is 358 g/mol. The number of nitrogens with two attached hydrogens (primary N) is 1. The van der Waals surface area contributed by atoms with E-state index < -0.39 is 0 Å². The molecule has 0 fully saturated rings. The van der Waals surface area contributed by atoms with Gasteiger partial charge in [-0.1, -0.05) is 42.5 Å². The second-order valence-electron chi connectivity index (χ2n) is 5.76. The fourth-order valence-corrected chi connectivity index (χ4v) is 2.71. The third-order valence-electron chi connectivity index (χ3n) is 4.01. The molecule has 7 nitrogen and oxygen atoms in total. The molecule has 134 valence electrons. The van der Waals surface area contributed by atoms with Crippen molar-refractivity contribution >= 4 is 5.82 Å². The lowest BCUT2D eigenvalue weighted by atomic mass is 10.0. The van der Waals surface area contributed by atoms with Gasteiger partial charge in [0.2, 0.25) is 5.89 Å². The minimum atomic E-state index is 0. The van der Waals surface area contributed by atoms with Crippen LogP contribution in [0.1, 0.15) is 8.42 Å². The van der Waals surface area contributed by atoms with Gasteiger partial charge in [-0.2, -0.15) is 5.26 Å². The smallest absolute Gasteiger partial charge is 0.270 e. The molecular formula is C20H18N6O. The summed E-state index contributed by atoms with van der Waals surface area (Å²) in [4.78, 5) is 8.79. The standard InChI is InChI=1S/C20H14N6O.2H2/c21-11-10-13-6-4-5-9-15(13)16-12-23-18(22)17(24-16)20-26-25-19(27-20)14-7-2-1-3-8-14;;/h1-9,12H,10H2,(H2,22,23);2*1H. The van der Waals surface area contributed by atoms with Crippen LogP contribution in [0, 0.1) is 11.3 Å². The number of anilines is 1. The molecule has 0 spiro atoms. The van der Waals surface area contributed by atoms with E-state index in [9.17, 15) is 0 Å². The van der Waals surface area contributed by atoms with Crippen LogP contribution in [-0.4, -0.2) is 20.2 Å². The molecule has 0 saturated carbocycles. The van der Waals surface area contributed by atoms with E-state index >= 15 is 0 Å². The van der Waals surface area contributed by atoms with E-state index in [4.69, 9.17) is 15.4 Å². The lowest BCUT2D eigenvalue weighted by molar-refractivity contribution is 0.582. The van der Waals surface area contributed by atoms with Gasteiger partial charge in [-0.05, 0) is 17.7 Å².